The van der Waals surface area contributed by atoms with E-state index in [1.807, 2.05) is 6.92 Å². The summed E-state index contributed by atoms with van der Waals surface area (Å²) in [4.78, 5) is 0. The van der Waals surface area contributed by atoms with Crippen molar-refractivity contribution in [2.24, 2.45) is 0 Å². The molecule has 0 spiro atoms. The van der Waals surface area contributed by atoms with E-state index in [0.29, 0.717) is 6.54 Å². The molecular weight excluding hydrogens is 106 g/mol. The Morgan fingerprint density at radius 2 is 2.12 bits per heavy atom. The maximum absolute atomic E-state index is 8.95. The summed E-state index contributed by atoms with van der Waals surface area (Å²) >= 11 is 0. The lowest BCUT2D eigenvalue weighted by Crippen LogP contribution is -2.29. The summed E-state index contributed by atoms with van der Waals surface area (Å²) in [6.07, 6.45) is -1.14. The van der Waals surface area contributed by atoms with Gasteiger partial charge in [-0.1, -0.05) is 0 Å². The molecule has 3 heteroatoms. The van der Waals surface area contributed by atoms with Crippen molar-refractivity contribution in [2.75, 3.05) is 6.54 Å². The van der Waals surface area contributed by atoms with E-state index in [-0.39, 0.29) is 6.04 Å². The van der Waals surface area contributed by atoms with Gasteiger partial charge in [0, 0.05) is 12.6 Å². The molecule has 3 nitrogen and oxygen atoms in total. The molecule has 0 unspecified atom stereocenters. The molecule has 0 saturated carbocycles. The highest BCUT2D eigenvalue weighted by atomic mass is 16.3. The molecule has 3 N–H and O–H groups in total. The van der Waals surface area contributed by atoms with Crippen LogP contribution in [-0.4, -0.2) is 35.0 Å². The normalized spacial score (nSPS) is 47.6. The summed E-state index contributed by atoms with van der Waals surface area (Å²) in [6.45, 7) is 2.36. The monoisotopic (exact) mass is 117 g/mol. The van der Waals surface area contributed by atoms with Crippen LogP contribution in [0.1, 0.15) is 6.92 Å². The molecule has 1 saturated heterocycles. The standard InChI is InChI=1S/C5H11NO2/c1-3-5(8)4(7)2-6-3/h3-8H,2H2,1H3/t3-,4+,5-/m0/s1. The van der Waals surface area contributed by atoms with Gasteiger partial charge in [-0.15, -0.1) is 0 Å². The number of β-amino-alcohol motifs (C(OH)–C–C–N with tert-alkyl or cyclic N) is 1. The van der Waals surface area contributed by atoms with E-state index in [0.717, 1.165) is 0 Å². The van der Waals surface area contributed by atoms with Crippen molar-refractivity contribution in [3.8, 4) is 0 Å². The lowest BCUT2D eigenvalue weighted by Gasteiger charge is -2.08. The molecule has 0 aliphatic carbocycles. The van der Waals surface area contributed by atoms with Gasteiger partial charge >= 0.3 is 0 Å². The fraction of sp³-hybridized carbons (Fsp3) is 1.00. The van der Waals surface area contributed by atoms with Gasteiger partial charge in [-0.05, 0) is 6.92 Å². The number of aliphatic hydroxyl groups is 2. The minimum Gasteiger partial charge on any atom is -0.389 e. The number of aliphatic hydroxyl groups excluding tert-OH is 2. The van der Waals surface area contributed by atoms with Crippen LogP contribution in [0.5, 0.6) is 0 Å². The molecule has 0 bridgehead atoms. The number of rotatable bonds is 0. The summed E-state index contributed by atoms with van der Waals surface area (Å²) in [7, 11) is 0. The van der Waals surface area contributed by atoms with Gasteiger partial charge in [0.25, 0.3) is 0 Å². The Morgan fingerprint density at radius 1 is 1.50 bits per heavy atom. The predicted octanol–water partition coefficient (Wildman–Crippen LogP) is -1.30. The average molecular weight is 117 g/mol. The third-order valence-electron chi connectivity index (χ3n) is 1.56. The molecule has 3 atom stereocenters. The summed E-state index contributed by atoms with van der Waals surface area (Å²) < 4.78 is 0. The fourth-order valence-corrected chi connectivity index (χ4v) is 0.881. The van der Waals surface area contributed by atoms with Gasteiger partial charge in [0.15, 0.2) is 0 Å². The highest BCUT2D eigenvalue weighted by Crippen LogP contribution is 2.05. The van der Waals surface area contributed by atoms with Crippen LogP contribution in [0.4, 0.5) is 0 Å². The van der Waals surface area contributed by atoms with Gasteiger partial charge in [0.1, 0.15) is 0 Å². The van der Waals surface area contributed by atoms with Crippen molar-refractivity contribution in [1.82, 2.24) is 5.32 Å². The first-order chi connectivity index (χ1) is 3.72. The molecule has 1 rings (SSSR count). The average Bonchev–Trinajstić information content (AvgIpc) is 1.98. The van der Waals surface area contributed by atoms with Crippen LogP contribution in [0, 0.1) is 0 Å². The van der Waals surface area contributed by atoms with Gasteiger partial charge < -0.3 is 15.5 Å². The van der Waals surface area contributed by atoms with Crippen LogP contribution in [0.15, 0.2) is 0 Å². The van der Waals surface area contributed by atoms with Crippen molar-refractivity contribution < 1.29 is 10.2 Å². The smallest absolute Gasteiger partial charge is 0.0961 e. The van der Waals surface area contributed by atoms with Crippen LogP contribution in [0.25, 0.3) is 0 Å². The summed E-state index contributed by atoms with van der Waals surface area (Å²) in [6, 6.07) is 0.0463. The predicted molar refractivity (Wildman–Crippen MR) is 29.5 cm³/mol. The first-order valence-electron chi connectivity index (χ1n) is 2.81. The Morgan fingerprint density at radius 3 is 2.25 bits per heavy atom. The fourth-order valence-electron chi connectivity index (χ4n) is 0.881. The summed E-state index contributed by atoms with van der Waals surface area (Å²) in [5.41, 5.74) is 0. The summed E-state index contributed by atoms with van der Waals surface area (Å²) in [5.74, 6) is 0. The van der Waals surface area contributed by atoms with E-state index in [2.05, 4.69) is 5.32 Å². The number of nitrogens with one attached hydrogen (secondary N) is 1. The molecule has 1 heterocycles. The first kappa shape index (κ1) is 6.01. The van der Waals surface area contributed by atoms with Crippen molar-refractivity contribution in [1.29, 1.82) is 0 Å². The zero-order chi connectivity index (χ0) is 6.15. The Bertz CT molecular complexity index is 76.5. The van der Waals surface area contributed by atoms with E-state index in [4.69, 9.17) is 10.2 Å². The van der Waals surface area contributed by atoms with Crippen molar-refractivity contribution in [3.05, 3.63) is 0 Å². The Hall–Kier alpha value is -0.120. The Balaban J connectivity index is 2.44. The maximum Gasteiger partial charge on any atom is 0.0961 e. The van der Waals surface area contributed by atoms with E-state index in [1.165, 1.54) is 0 Å². The molecule has 0 radical (unpaired) electrons. The topological polar surface area (TPSA) is 52.5 Å². The maximum atomic E-state index is 8.95. The molecule has 0 aromatic carbocycles. The van der Waals surface area contributed by atoms with Gasteiger partial charge in [-0.25, -0.2) is 0 Å². The minimum atomic E-state index is -0.574. The SMILES string of the molecule is C[C@@H]1NC[C@@H](O)[C@H]1O. The molecule has 0 amide bonds. The van der Waals surface area contributed by atoms with Crippen LogP contribution in [0.2, 0.25) is 0 Å². The molecule has 1 aliphatic heterocycles. The third kappa shape index (κ3) is 0.844. The molecule has 1 aliphatic rings. The third-order valence-corrected chi connectivity index (χ3v) is 1.56. The molecule has 0 aromatic heterocycles. The highest BCUT2D eigenvalue weighted by Gasteiger charge is 2.28. The molecule has 8 heavy (non-hydrogen) atoms. The quantitative estimate of drug-likeness (QED) is 0.369. The van der Waals surface area contributed by atoms with Crippen LogP contribution in [0.3, 0.4) is 0 Å². The Labute approximate surface area is 48.3 Å². The van der Waals surface area contributed by atoms with Crippen LogP contribution in [-0.2, 0) is 0 Å². The van der Waals surface area contributed by atoms with Crippen LogP contribution < -0.4 is 5.32 Å². The van der Waals surface area contributed by atoms with Gasteiger partial charge in [-0.2, -0.15) is 0 Å². The van der Waals surface area contributed by atoms with E-state index >= 15 is 0 Å². The lowest BCUT2D eigenvalue weighted by molar-refractivity contribution is 0.0436. The number of hydrogen-bond donors (Lipinski definition) is 3. The van der Waals surface area contributed by atoms with E-state index in [9.17, 15) is 0 Å². The lowest BCUT2D eigenvalue weighted by atomic mass is 10.2. The van der Waals surface area contributed by atoms with Crippen molar-refractivity contribution in [2.45, 2.75) is 25.2 Å². The van der Waals surface area contributed by atoms with Gasteiger partial charge in [-0.3, -0.25) is 0 Å². The van der Waals surface area contributed by atoms with Crippen molar-refractivity contribution in [3.63, 3.8) is 0 Å². The second-order valence-corrected chi connectivity index (χ2v) is 2.25. The zero-order valence-electron chi connectivity index (χ0n) is 4.83. The van der Waals surface area contributed by atoms with Gasteiger partial charge in [0.2, 0.25) is 0 Å². The van der Waals surface area contributed by atoms with Gasteiger partial charge in [0.05, 0.1) is 12.2 Å². The molecule has 1 fully saturated rings. The van der Waals surface area contributed by atoms with E-state index < -0.39 is 12.2 Å². The second-order valence-electron chi connectivity index (χ2n) is 2.25. The Kier molecular flexibility index (Phi) is 1.51. The highest BCUT2D eigenvalue weighted by molar-refractivity contribution is 4.86. The zero-order valence-corrected chi connectivity index (χ0v) is 4.83. The first-order valence-corrected chi connectivity index (χ1v) is 2.81. The second kappa shape index (κ2) is 2.01. The minimum absolute atomic E-state index is 0.0463. The summed E-state index contributed by atoms with van der Waals surface area (Å²) in [5, 5.41) is 20.7. The largest absolute Gasteiger partial charge is 0.389 e. The molecule has 0 aromatic rings. The molecular formula is C5H11NO2. The van der Waals surface area contributed by atoms with Crippen LogP contribution >= 0.6 is 0 Å². The van der Waals surface area contributed by atoms with E-state index in [1.54, 1.807) is 0 Å². The number of hydrogen-bond acceptors (Lipinski definition) is 3. The van der Waals surface area contributed by atoms with Crippen molar-refractivity contribution >= 4 is 0 Å². The molecule has 48 valence electrons.